The van der Waals surface area contributed by atoms with E-state index in [1.165, 1.54) is 99.3 Å². The fourth-order valence-corrected chi connectivity index (χ4v) is 6.64. The Morgan fingerprint density at radius 2 is 1.44 bits per heavy atom. The van der Waals surface area contributed by atoms with Crippen molar-refractivity contribution in [2.75, 3.05) is 0 Å². The van der Waals surface area contributed by atoms with Crippen molar-refractivity contribution < 1.29 is 0 Å². The fraction of sp³-hybridized carbons (Fsp3) is 0.444. The highest BCUT2D eigenvalue weighted by molar-refractivity contribution is 5.65. The van der Waals surface area contributed by atoms with Crippen molar-refractivity contribution in [3.05, 3.63) is 107 Å². The van der Waals surface area contributed by atoms with Crippen LogP contribution in [0.25, 0.3) is 11.1 Å². The molecule has 0 spiro atoms. The predicted octanol–water partition coefficient (Wildman–Crippen LogP) is 10.2. The van der Waals surface area contributed by atoms with Crippen molar-refractivity contribution in [2.24, 2.45) is 5.92 Å². The maximum absolute atomic E-state index is 3.89. The van der Waals surface area contributed by atoms with Crippen molar-refractivity contribution in [1.82, 2.24) is 0 Å². The van der Waals surface area contributed by atoms with Crippen LogP contribution in [0.1, 0.15) is 104 Å². The van der Waals surface area contributed by atoms with E-state index < -0.39 is 0 Å². The first-order valence-corrected chi connectivity index (χ1v) is 14.7. The smallest absolute Gasteiger partial charge is 0.0118 e. The Morgan fingerprint density at radius 3 is 2.17 bits per heavy atom. The number of aryl methyl sites for hydroxylation is 2. The van der Waals surface area contributed by atoms with Crippen molar-refractivity contribution in [2.45, 2.75) is 95.8 Å². The summed E-state index contributed by atoms with van der Waals surface area (Å²) in [5.74, 6) is 2.33. The van der Waals surface area contributed by atoms with E-state index in [9.17, 15) is 0 Å². The Morgan fingerprint density at radius 1 is 0.750 bits per heavy atom. The van der Waals surface area contributed by atoms with Crippen LogP contribution >= 0.6 is 0 Å². The molecule has 5 rings (SSSR count). The second-order valence-electron chi connectivity index (χ2n) is 11.5. The van der Waals surface area contributed by atoms with E-state index >= 15 is 0 Å². The third-order valence-electron chi connectivity index (χ3n) is 9.05. The molecule has 1 saturated carbocycles. The molecule has 0 nitrogen and oxygen atoms in total. The summed E-state index contributed by atoms with van der Waals surface area (Å²) in [6.45, 7) is 6.16. The molecule has 0 heteroatoms. The van der Waals surface area contributed by atoms with Crippen LogP contribution in [-0.2, 0) is 19.3 Å². The van der Waals surface area contributed by atoms with Gasteiger partial charge in [-0.2, -0.15) is 0 Å². The summed E-state index contributed by atoms with van der Waals surface area (Å²) in [7, 11) is 0. The first-order valence-electron chi connectivity index (χ1n) is 14.7. The van der Waals surface area contributed by atoms with Crippen LogP contribution in [0.15, 0.2) is 79.4 Å². The monoisotopic (exact) mass is 476 g/mol. The van der Waals surface area contributed by atoms with Gasteiger partial charge in [0.05, 0.1) is 0 Å². The van der Waals surface area contributed by atoms with Gasteiger partial charge in [-0.25, -0.2) is 0 Å². The minimum absolute atomic E-state index is 0.662. The third kappa shape index (κ3) is 6.03. The quantitative estimate of drug-likeness (QED) is 0.269. The second kappa shape index (κ2) is 12.1. The summed E-state index contributed by atoms with van der Waals surface area (Å²) in [6, 6.07) is 26.3. The SMILES string of the molecule is C=CCCC1CCC(c2ccc(-c3ccc4c(c3)CCC(c3ccc(CCCC)cc3)C4)cc2)CC1. The van der Waals surface area contributed by atoms with Crippen LogP contribution in [0, 0.1) is 5.92 Å². The van der Waals surface area contributed by atoms with E-state index in [-0.39, 0.29) is 0 Å². The van der Waals surface area contributed by atoms with Crippen molar-refractivity contribution in [3.63, 3.8) is 0 Å². The lowest BCUT2D eigenvalue weighted by molar-refractivity contribution is 0.312. The second-order valence-corrected chi connectivity index (χ2v) is 11.5. The average Bonchev–Trinajstić information content (AvgIpc) is 2.95. The van der Waals surface area contributed by atoms with E-state index in [4.69, 9.17) is 0 Å². The van der Waals surface area contributed by atoms with Crippen LogP contribution in [0.2, 0.25) is 0 Å². The maximum Gasteiger partial charge on any atom is -0.0118 e. The molecule has 0 amide bonds. The minimum Gasteiger partial charge on any atom is -0.103 e. The minimum atomic E-state index is 0.662. The zero-order valence-corrected chi connectivity index (χ0v) is 22.4. The van der Waals surface area contributed by atoms with Crippen molar-refractivity contribution in [1.29, 1.82) is 0 Å². The largest absolute Gasteiger partial charge is 0.103 e. The van der Waals surface area contributed by atoms with Gasteiger partial charge in [-0.15, -0.1) is 6.58 Å². The molecule has 0 aliphatic heterocycles. The standard InChI is InChI=1S/C36H44/c1-3-5-7-27-9-13-29(14-10-27)30-17-19-32(20-18-30)34-22-24-35-25-33(21-23-36(35)26-34)31-15-11-28(12-16-31)8-6-4-2/h3,11-12,15-20,22,24,26-27,29,33H,1,4-10,13-14,21,23,25H2,2H3. The maximum atomic E-state index is 3.89. The molecule has 1 unspecified atom stereocenters. The fourth-order valence-electron chi connectivity index (χ4n) is 6.64. The van der Waals surface area contributed by atoms with E-state index in [0.717, 1.165) is 11.8 Å². The molecule has 0 heterocycles. The van der Waals surface area contributed by atoms with Gasteiger partial charge in [0, 0.05) is 0 Å². The molecule has 2 aliphatic rings. The van der Waals surface area contributed by atoms with Gasteiger partial charge in [0.2, 0.25) is 0 Å². The zero-order chi connectivity index (χ0) is 24.7. The molecule has 2 aliphatic carbocycles. The number of benzene rings is 3. The number of hydrogen-bond acceptors (Lipinski definition) is 0. The Labute approximate surface area is 219 Å². The van der Waals surface area contributed by atoms with Crippen LogP contribution in [0.4, 0.5) is 0 Å². The molecule has 188 valence electrons. The highest BCUT2D eigenvalue weighted by atomic mass is 14.3. The number of unbranched alkanes of at least 4 members (excludes halogenated alkanes) is 1. The van der Waals surface area contributed by atoms with Gasteiger partial charge in [-0.1, -0.05) is 86.2 Å². The van der Waals surface area contributed by atoms with Crippen LogP contribution in [0.3, 0.4) is 0 Å². The molecule has 1 fully saturated rings. The molecule has 0 N–H and O–H groups in total. The molecule has 0 bridgehead atoms. The van der Waals surface area contributed by atoms with Crippen molar-refractivity contribution in [3.8, 4) is 11.1 Å². The topological polar surface area (TPSA) is 0 Å². The van der Waals surface area contributed by atoms with Gasteiger partial charge >= 0.3 is 0 Å². The van der Waals surface area contributed by atoms with Gasteiger partial charge in [-0.3, -0.25) is 0 Å². The number of fused-ring (bicyclic) bond motifs is 1. The van der Waals surface area contributed by atoms with E-state index in [1.54, 1.807) is 16.7 Å². The molecular weight excluding hydrogens is 432 g/mol. The molecule has 36 heavy (non-hydrogen) atoms. The van der Waals surface area contributed by atoms with Crippen LogP contribution < -0.4 is 0 Å². The molecular formula is C36H44. The summed E-state index contributed by atoms with van der Waals surface area (Å²) in [5, 5.41) is 0. The molecule has 0 radical (unpaired) electrons. The Hall–Kier alpha value is -2.60. The van der Waals surface area contributed by atoms with Gasteiger partial charge in [0.15, 0.2) is 0 Å². The van der Waals surface area contributed by atoms with Crippen LogP contribution in [0.5, 0.6) is 0 Å². The lowest BCUT2D eigenvalue weighted by Crippen LogP contribution is -2.13. The average molecular weight is 477 g/mol. The first-order chi connectivity index (χ1) is 17.7. The summed E-state index contributed by atoms with van der Waals surface area (Å²) in [5.41, 5.74) is 10.4. The lowest BCUT2D eigenvalue weighted by Gasteiger charge is -2.28. The summed E-state index contributed by atoms with van der Waals surface area (Å²) in [6.07, 6.45) is 17.5. The predicted molar refractivity (Wildman–Crippen MR) is 156 cm³/mol. The molecule has 3 aromatic rings. The highest BCUT2D eigenvalue weighted by Crippen LogP contribution is 2.39. The normalized spacial score (nSPS) is 21.6. The van der Waals surface area contributed by atoms with E-state index in [0.29, 0.717) is 5.92 Å². The van der Waals surface area contributed by atoms with Gasteiger partial charge in [-0.05, 0) is 127 Å². The highest BCUT2D eigenvalue weighted by Gasteiger charge is 2.23. The Balaban J connectivity index is 1.20. The molecule has 0 saturated heterocycles. The number of allylic oxidation sites excluding steroid dienone is 1. The third-order valence-corrected chi connectivity index (χ3v) is 9.05. The van der Waals surface area contributed by atoms with E-state index in [2.05, 4.69) is 86.3 Å². The van der Waals surface area contributed by atoms with Gasteiger partial charge < -0.3 is 0 Å². The van der Waals surface area contributed by atoms with E-state index in [1.807, 2.05) is 0 Å². The molecule has 3 aromatic carbocycles. The summed E-state index contributed by atoms with van der Waals surface area (Å²) in [4.78, 5) is 0. The number of hydrogen-bond donors (Lipinski definition) is 0. The van der Waals surface area contributed by atoms with Gasteiger partial charge in [0.1, 0.15) is 0 Å². The Bertz CT molecular complexity index is 1110. The molecule has 1 atom stereocenters. The van der Waals surface area contributed by atoms with Gasteiger partial charge in [0.25, 0.3) is 0 Å². The molecule has 0 aromatic heterocycles. The Kier molecular flexibility index (Phi) is 8.42. The zero-order valence-electron chi connectivity index (χ0n) is 22.4. The number of rotatable bonds is 9. The summed E-state index contributed by atoms with van der Waals surface area (Å²) >= 11 is 0. The summed E-state index contributed by atoms with van der Waals surface area (Å²) < 4.78 is 0. The van der Waals surface area contributed by atoms with Crippen LogP contribution in [-0.4, -0.2) is 0 Å². The first kappa shape index (κ1) is 25.1. The lowest BCUT2D eigenvalue weighted by atomic mass is 9.77. The van der Waals surface area contributed by atoms with Crippen molar-refractivity contribution >= 4 is 0 Å².